The monoisotopic (exact) mass is 299 g/mol. The van der Waals surface area contributed by atoms with Gasteiger partial charge in [0.1, 0.15) is 11.5 Å². The van der Waals surface area contributed by atoms with Crippen molar-refractivity contribution >= 4 is 10.0 Å². The Morgan fingerprint density at radius 3 is 2.75 bits per heavy atom. The van der Waals surface area contributed by atoms with Gasteiger partial charge >= 0.3 is 0 Å². The van der Waals surface area contributed by atoms with Crippen molar-refractivity contribution in [3.8, 4) is 5.88 Å². The molecule has 1 aliphatic heterocycles. The molecule has 6 nitrogen and oxygen atoms in total. The second-order valence-corrected chi connectivity index (χ2v) is 7.23. The van der Waals surface area contributed by atoms with Crippen LogP contribution in [0.2, 0.25) is 0 Å². The van der Waals surface area contributed by atoms with Gasteiger partial charge in [-0.15, -0.1) is 0 Å². The van der Waals surface area contributed by atoms with Gasteiger partial charge in [0, 0.05) is 26.2 Å². The van der Waals surface area contributed by atoms with Gasteiger partial charge in [-0.25, -0.2) is 17.7 Å². The fourth-order valence-corrected chi connectivity index (χ4v) is 2.92. The summed E-state index contributed by atoms with van der Waals surface area (Å²) in [7, 11) is -0.437. The van der Waals surface area contributed by atoms with E-state index in [9.17, 15) is 8.42 Å². The summed E-state index contributed by atoms with van der Waals surface area (Å²) in [6, 6.07) is 3.47. The van der Waals surface area contributed by atoms with Gasteiger partial charge < -0.3 is 10.1 Å². The quantitative estimate of drug-likeness (QED) is 0.873. The average molecular weight is 299 g/mol. The van der Waals surface area contributed by atoms with E-state index in [0.717, 1.165) is 17.3 Å². The Balaban J connectivity index is 1.94. The van der Waals surface area contributed by atoms with E-state index in [4.69, 9.17) is 4.74 Å². The minimum Gasteiger partial charge on any atom is -0.476 e. The molecule has 2 heterocycles. The van der Waals surface area contributed by atoms with E-state index < -0.39 is 10.0 Å². The van der Waals surface area contributed by atoms with Crippen LogP contribution in [0.15, 0.2) is 23.2 Å². The van der Waals surface area contributed by atoms with Crippen LogP contribution in [0.1, 0.15) is 19.3 Å². The lowest BCUT2D eigenvalue weighted by molar-refractivity contribution is 0.232. The maximum Gasteiger partial charge on any atom is 0.244 e. The number of piperidine rings is 1. The number of nitrogens with one attached hydrogen (secondary N) is 1. The molecule has 7 heteroatoms. The highest BCUT2D eigenvalue weighted by atomic mass is 32.2. The molecule has 0 amide bonds. The molecule has 1 aliphatic rings. The van der Waals surface area contributed by atoms with Crippen molar-refractivity contribution in [3.63, 3.8) is 0 Å². The number of hydrogen-bond donors (Lipinski definition) is 1. The second-order valence-electron chi connectivity index (χ2n) is 5.08. The first-order valence-electron chi connectivity index (χ1n) is 6.75. The third-order valence-electron chi connectivity index (χ3n) is 3.33. The molecule has 112 valence electrons. The van der Waals surface area contributed by atoms with E-state index in [0.29, 0.717) is 18.5 Å². The van der Waals surface area contributed by atoms with Crippen LogP contribution < -0.4 is 10.1 Å². The Morgan fingerprint density at radius 1 is 1.40 bits per heavy atom. The minimum absolute atomic E-state index is 0.172. The number of sulfonamides is 1. The van der Waals surface area contributed by atoms with E-state index in [2.05, 4.69) is 10.3 Å². The first kappa shape index (κ1) is 15.2. The molecule has 0 aromatic carbocycles. The van der Waals surface area contributed by atoms with Crippen LogP contribution in [-0.2, 0) is 10.0 Å². The van der Waals surface area contributed by atoms with E-state index in [1.54, 1.807) is 6.07 Å². The number of rotatable bonds is 5. The summed E-state index contributed by atoms with van der Waals surface area (Å²) in [5.41, 5.74) is 0. The Hall–Kier alpha value is -1.18. The summed E-state index contributed by atoms with van der Waals surface area (Å²) in [4.78, 5) is 4.23. The van der Waals surface area contributed by atoms with Gasteiger partial charge in [-0.2, -0.15) is 0 Å². The highest BCUT2D eigenvalue weighted by molar-refractivity contribution is 7.89. The Bertz CT molecular complexity index is 522. The van der Waals surface area contributed by atoms with Crippen molar-refractivity contribution in [2.45, 2.75) is 30.2 Å². The molecule has 1 saturated heterocycles. The molecule has 0 saturated carbocycles. The lowest BCUT2D eigenvalue weighted by Gasteiger charge is -2.23. The SMILES string of the molecule is CN(C)S(=O)(=O)c1ccc(OCC2CCCCN2)nc1. The Morgan fingerprint density at radius 2 is 2.20 bits per heavy atom. The first-order valence-corrected chi connectivity index (χ1v) is 8.19. The molecule has 1 unspecified atom stereocenters. The van der Waals surface area contributed by atoms with Gasteiger partial charge in [0.25, 0.3) is 0 Å². The zero-order chi connectivity index (χ0) is 14.6. The number of aromatic nitrogens is 1. The lowest BCUT2D eigenvalue weighted by atomic mass is 10.1. The van der Waals surface area contributed by atoms with Gasteiger partial charge in [-0.1, -0.05) is 6.42 Å². The molecule has 1 atom stereocenters. The molecule has 1 N–H and O–H groups in total. The smallest absolute Gasteiger partial charge is 0.244 e. The summed E-state index contributed by atoms with van der Waals surface area (Å²) in [5, 5.41) is 3.38. The summed E-state index contributed by atoms with van der Waals surface area (Å²) in [6.45, 7) is 1.59. The normalized spacial score (nSPS) is 20.1. The molecule has 0 bridgehead atoms. The molecule has 0 radical (unpaired) electrons. The van der Waals surface area contributed by atoms with E-state index >= 15 is 0 Å². The topological polar surface area (TPSA) is 71.5 Å². The number of pyridine rings is 1. The standard InChI is InChI=1S/C13H21N3O3S/c1-16(2)20(17,18)12-6-7-13(15-9-12)19-10-11-5-3-4-8-14-11/h6-7,9,11,14H,3-5,8,10H2,1-2H3. The van der Waals surface area contributed by atoms with Crippen LogP contribution in [0.25, 0.3) is 0 Å². The molecular weight excluding hydrogens is 278 g/mol. The van der Waals surface area contributed by atoms with Gasteiger partial charge in [0.2, 0.25) is 15.9 Å². The summed E-state index contributed by atoms with van der Waals surface area (Å²) in [6.07, 6.45) is 4.87. The van der Waals surface area contributed by atoms with Crippen LogP contribution in [0.3, 0.4) is 0 Å². The van der Waals surface area contributed by atoms with E-state index in [1.165, 1.54) is 39.2 Å². The predicted octanol–water partition coefficient (Wildman–Crippen LogP) is 0.853. The van der Waals surface area contributed by atoms with Crippen LogP contribution >= 0.6 is 0 Å². The van der Waals surface area contributed by atoms with Gasteiger partial charge in [0.05, 0.1) is 6.20 Å². The van der Waals surface area contributed by atoms with E-state index in [-0.39, 0.29) is 4.90 Å². The summed E-state index contributed by atoms with van der Waals surface area (Å²) >= 11 is 0. The van der Waals surface area contributed by atoms with Crippen LogP contribution in [0, 0.1) is 0 Å². The maximum atomic E-state index is 11.9. The van der Waals surface area contributed by atoms with Gasteiger partial charge in [-0.3, -0.25) is 0 Å². The fourth-order valence-electron chi connectivity index (χ4n) is 2.07. The Kier molecular flexibility index (Phi) is 4.95. The first-order chi connectivity index (χ1) is 9.50. The van der Waals surface area contributed by atoms with Crippen molar-refractivity contribution in [3.05, 3.63) is 18.3 Å². The predicted molar refractivity (Wildman–Crippen MR) is 76.2 cm³/mol. The van der Waals surface area contributed by atoms with E-state index in [1.807, 2.05) is 0 Å². The molecule has 20 heavy (non-hydrogen) atoms. The molecule has 2 rings (SSSR count). The molecule has 1 fully saturated rings. The number of hydrogen-bond acceptors (Lipinski definition) is 5. The van der Waals surface area contributed by atoms with Crippen molar-refractivity contribution in [1.82, 2.24) is 14.6 Å². The van der Waals surface area contributed by atoms with Crippen molar-refractivity contribution in [2.24, 2.45) is 0 Å². The molecule has 1 aromatic heterocycles. The van der Waals surface area contributed by atoms with Crippen molar-refractivity contribution < 1.29 is 13.2 Å². The molecular formula is C13H21N3O3S. The number of ether oxygens (including phenoxy) is 1. The van der Waals surface area contributed by atoms with Gasteiger partial charge in [-0.05, 0) is 25.5 Å². The highest BCUT2D eigenvalue weighted by Gasteiger charge is 2.18. The van der Waals surface area contributed by atoms with Crippen molar-refractivity contribution in [1.29, 1.82) is 0 Å². The molecule has 0 spiro atoms. The third kappa shape index (κ3) is 3.68. The third-order valence-corrected chi connectivity index (χ3v) is 5.13. The van der Waals surface area contributed by atoms with Crippen LogP contribution in [-0.4, -0.2) is 51.0 Å². The summed E-state index contributed by atoms with van der Waals surface area (Å²) < 4.78 is 30.5. The minimum atomic E-state index is -3.43. The van der Waals surface area contributed by atoms with Gasteiger partial charge in [0.15, 0.2) is 0 Å². The number of nitrogens with zero attached hydrogens (tertiary/aromatic N) is 2. The highest BCUT2D eigenvalue weighted by Crippen LogP contribution is 2.16. The summed E-state index contributed by atoms with van der Waals surface area (Å²) in [5.74, 6) is 0.454. The van der Waals surface area contributed by atoms with Crippen molar-refractivity contribution in [2.75, 3.05) is 27.2 Å². The maximum absolute atomic E-state index is 11.9. The van der Waals surface area contributed by atoms with Crippen LogP contribution in [0.5, 0.6) is 5.88 Å². The average Bonchev–Trinajstić information content (AvgIpc) is 2.46. The fraction of sp³-hybridized carbons (Fsp3) is 0.615. The second kappa shape index (κ2) is 6.51. The van der Waals surface area contributed by atoms with Crippen LogP contribution in [0.4, 0.5) is 0 Å². The largest absolute Gasteiger partial charge is 0.476 e. The zero-order valence-corrected chi connectivity index (χ0v) is 12.7. The molecule has 1 aromatic rings. The Labute approximate surface area is 120 Å². The molecule has 0 aliphatic carbocycles. The lowest BCUT2D eigenvalue weighted by Crippen LogP contribution is -2.38. The zero-order valence-electron chi connectivity index (χ0n) is 11.9.